The Balaban J connectivity index is 1.33. The molecule has 2 aromatic heterocycles. The zero-order valence-electron chi connectivity index (χ0n) is 13.7. The second-order valence-corrected chi connectivity index (χ2v) is 7.08. The summed E-state index contributed by atoms with van der Waals surface area (Å²) in [7, 11) is 0. The number of aromatic nitrogens is 4. The third kappa shape index (κ3) is 2.47. The van der Waals surface area contributed by atoms with E-state index in [1.165, 1.54) is 6.33 Å². The fraction of sp³-hybridized carbons (Fsp3) is 0.500. The maximum Gasteiger partial charge on any atom is 0.291 e. The minimum absolute atomic E-state index is 0.141. The Morgan fingerprint density at radius 3 is 2.96 bits per heavy atom. The van der Waals surface area contributed by atoms with Gasteiger partial charge >= 0.3 is 0 Å². The fourth-order valence-corrected chi connectivity index (χ4v) is 4.22. The molecule has 2 bridgehead atoms. The van der Waals surface area contributed by atoms with Gasteiger partial charge in [0.15, 0.2) is 5.60 Å². The molecule has 6 heterocycles. The van der Waals surface area contributed by atoms with Crippen LogP contribution in [0, 0.1) is 11.1 Å². The zero-order valence-corrected chi connectivity index (χ0v) is 13.7. The molecule has 0 aliphatic carbocycles. The molecule has 0 saturated carbocycles. The Kier molecular flexibility index (Phi) is 3.10. The number of nitrogens with zero attached hydrogens (tertiary/aromatic N) is 6. The topological polar surface area (TPSA) is 100 Å². The normalized spacial score (nSPS) is 33.3. The monoisotopic (exact) mass is 341 g/mol. The van der Waals surface area contributed by atoms with Crippen LogP contribution < -0.4 is 5.32 Å². The van der Waals surface area contributed by atoms with Gasteiger partial charge in [-0.3, -0.25) is 9.88 Å². The highest BCUT2D eigenvalue weighted by atomic mass is 16.6. The number of ether oxygens (including phenoxy) is 1. The van der Waals surface area contributed by atoms with Crippen molar-refractivity contribution in [1.29, 1.82) is 0 Å². The summed E-state index contributed by atoms with van der Waals surface area (Å²) in [5.41, 5.74) is -0.444. The number of amidine groups is 1. The van der Waals surface area contributed by atoms with Crippen molar-refractivity contribution in [3.8, 4) is 5.82 Å². The lowest BCUT2D eigenvalue weighted by Gasteiger charge is -2.58. The van der Waals surface area contributed by atoms with Gasteiger partial charge in [-0.05, 0) is 0 Å². The van der Waals surface area contributed by atoms with Crippen LogP contribution in [0.1, 0.15) is 12.8 Å². The molecule has 1 N–H and O–H groups in total. The van der Waals surface area contributed by atoms with Crippen molar-refractivity contribution in [3.05, 3.63) is 36.3 Å². The number of fused-ring (bicyclic) bond motifs is 2. The number of piperidine rings is 3. The quantitative estimate of drug-likeness (QED) is 0.644. The molecule has 4 aliphatic rings. The van der Waals surface area contributed by atoms with Crippen LogP contribution in [0.15, 0.2) is 36.1 Å². The minimum atomic E-state index is -0.444. The lowest BCUT2D eigenvalue weighted by Crippen LogP contribution is -2.67. The van der Waals surface area contributed by atoms with E-state index in [4.69, 9.17) is 4.74 Å². The summed E-state index contributed by atoms with van der Waals surface area (Å²) in [4.78, 5) is 17.0. The van der Waals surface area contributed by atoms with Crippen LogP contribution in [-0.2, 0) is 4.74 Å². The van der Waals surface area contributed by atoms with Crippen molar-refractivity contribution in [2.75, 3.05) is 31.5 Å². The van der Waals surface area contributed by atoms with Gasteiger partial charge in [0.05, 0.1) is 19.6 Å². The average Bonchev–Trinajstić information content (AvgIpc) is 3.26. The lowest BCUT2D eigenvalue weighted by molar-refractivity contribution is -0.905. The van der Waals surface area contributed by atoms with Gasteiger partial charge < -0.3 is 14.6 Å². The van der Waals surface area contributed by atoms with Crippen molar-refractivity contribution in [2.24, 2.45) is 10.9 Å². The second-order valence-electron chi connectivity index (χ2n) is 7.08. The van der Waals surface area contributed by atoms with E-state index in [-0.39, 0.29) is 4.65 Å². The summed E-state index contributed by atoms with van der Waals surface area (Å²) < 4.78 is 7.82. The van der Waals surface area contributed by atoms with Crippen LogP contribution in [0.4, 0.5) is 5.82 Å². The van der Waals surface area contributed by atoms with Crippen LogP contribution in [0.3, 0.4) is 0 Å². The van der Waals surface area contributed by atoms with Crippen molar-refractivity contribution in [3.63, 3.8) is 0 Å². The maximum absolute atomic E-state index is 12.7. The smallest absolute Gasteiger partial charge is 0.291 e. The standard InChI is InChI=1S/C16H19N7O2/c24-23-5-1-12(2-6-23)16(9-23)8-18-15(25-16)21-13-7-14(20-10-19-13)22-4-3-17-11-22/h3-4,7,10-12H,1-2,5-6,8-9H2,(H,18,19,20,21)/t12?,16-,23?/m0/s1. The Hall–Kier alpha value is -2.52. The van der Waals surface area contributed by atoms with Gasteiger partial charge in [0.25, 0.3) is 6.02 Å². The Labute approximate surface area is 144 Å². The first kappa shape index (κ1) is 14.8. The molecule has 1 atom stereocenters. The molecule has 4 aliphatic heterocycles. The number of anilines is 1. The van der Waals surface area contributed by atoms with E-state index in [0.717, 1.165) is 12.8 Å². The molecule has 0 radical (unpaired) electrons. The summed E-state index contributed by atoms with van der Waals surface area (Å²) in [6.07, 6.45) is 8.51. The molecule has 9 heteroatoms. The van der Waals surface area contributed by atoms with Crippen LogP contribution in [0.25, 0.3) is 5.82 Å². The largest absolute Gasteiger partial charge is 0.633 e. The van der Waals surface area contributed by atoms with Crippen molar-refractivity contribution in [1.82, 2.24) is 19.5 Å². The lowest BCUT2D eigenvalue weighted by atomic mass is 9.75. The summed E-state index contributed by atoms with van der Waals surface area (Å²) in [5, 5.41) is 15.8. The minimum Gasteiger partial charge on any atom is -0.633 e. The number of hydrogen-bond acceptors (Lipinski definition) is 7. The van der Waals surface area contributed by atoms with Crippen molar-refractivity contribution in [2.45, 2.75) is 18.4 Å². The van der Waals surface area contributed by atoms with Crippen LogP contribution in [0.5, 0.6) is 0 Å². The highest BCUT2D eigenvalue weighted by Crippen LogP contribution is 2.44. The van der Waals surface area contributed by atoms with E-state index in [1.807, 2.05) is 6.20 Å². The molecule has 6 rings (SSSR count). The van der Waals surface area contributed by atoms with Gasteiger partial charge in [-0.15, -0.1) is 0 Å². The van der Waals surface area contributed by atoms with Crippen LogP contribution >= 0.6 is 0 Å². The summed E-state index contributed by atoms with van der Waals surface area (Å²) in [6.45, 7) is 2.45. The molecule has 3 fully saturated rings. The predicted octanol–water partition coefficient (Wildman–Crippen LogP) is 0.937. The SMILES string of the molecule is [O-][N+]12CCC(CC1)[C@]1(CN=C(Nc3cc(-n4ccnc4)ncn3)O1)C2. The number of imidazole rings is 1. The predicted molar refractivity (Wildman–Crippen MR) is 89.8 cm³/mol. The first-order valence-electron chi connectivity index (χ1n) is 8.52. The second kappa shape index (κ2) is 5.24. The molecule has 1 spiro atoms. The summed E-state index contributed by atoms with van der Waals surface area (Å²) in [5.74, 6) is 1.72. The van der Waals surface area contributed by atoms with Gasteiger partial charge in [0, 0.05) is 37.2 Å². The molecule has 2 aromatic rings. The van der Waals surface area contributed by atoms with Gasteiger partial charge in [0.2, 0.25) is 0 Å². The van der Waals surface area contributed by atoms with Crippen molar-refractivity contribution < 1.29 is 9.38 Å². The van der Waals surface area contributed by atoms with Gasteiger partial charge in [0.1, 0.15) is 30.8 Å². The third-order valence-corrected chi connectivity index (χ3v) is 5.52. The average molecular weight is 341 g/mol. The number of hydroxylamine groups is 3. The number of rotatable bonds is 2. The van der Waals surface area contributed by atoms with E-state index in [9.17, 15) is 5.21 Å². The molecule has 3 saturated heterocycles. The van der Waals surface area contributed by atoms with E-state index in [1.54, 1.807) is 23.2 Å². The molecule has 0 aromatic carbocycles. The number of aliphatic imine (C=N–C) groups is 1. The van der Waals surface area contributed by atoms with E-state index < -0.39 is 5.60 Å². The van der Waals surface area contributed by atoms with E-state index in [0.29, 0.717) is 49.8 Å². The molecule has 25 heavy (non-hydrogen) atoms. The first-order chi connectivity index (χ1) is 12.1. The number of nitrogens with one attached hydrogen (secondary N) is 1. The Morgan fingerprint density at radius 1 is 1.32 bits per heavy atom. The maximum atomic E-state index is 12.7. The van der Waals surface area contributed by atoms with Gasteiger partial charge in [-0.2, -0.15) is 0 Å². The summed E-state index contributed by atoms with van der Waals surface area (Å²) >= 11 is 0. The molecular weight excluding hydrogens is 322 g/mol. The molecular formula is C16H19N7O2. The molecule has 9 nitrogen and oxygen atoms in total. The van der Waals surface area contributed by atoms with Crippen LogP contribution in [-0.4, -0.2) is 62.0 Å². The van der Waals surface area contributed by atoms with E-state index >= 15 is 0 Å². The van der Waals surface area contributed by atoms with Gasteiger partial charge in [-0.1, -0.05) is 0 Å². The first-order valence-corrected chi connectivity index (χ1v) is 8.52. The fourth-order valence-electron chi connectivity index (χ4n) is 4.22. The molecule has 0 amide bonds. The van der Waals surface area contributed by atoms with E-state index in [2.05, 4.69) is 25.3 Å². The zero-order chi connectivity index (χ0) is 16.9. The highest BCUT2D eigenvalue weighted by Gasteiger charge is 2.56. The van der Waals surface area contributed by atoms with Crippen molar-refractivity contribution >= 4 is 11.8 Å². The molecule has 130 valence electrons. The highest BCUT2D eigenvalue weighted by molar-refractivity contribution is 5.89. The van der Waals surface area contributed by atoms with Gasteiger partial charge in [-0.25, -0.2) is 19.9 Å². The van der Waals surface area contributed by atoms with Crippen LogP contribution in [0.2, 0.25) is 0 Å². The Bertz CT molecular complexity index is 814. The number of hydrogen-bond donors (Lipinski definition) is 1. The number of quaternary nitrogens is 1. The Morgan fingerprint density at radius 2 is 2.20 bits per heavy atom. The molecule has 0 unspecified atom stereocenters. The summed E-state index contributed by atoms with van der Waals surface area (Å²) in [6, 6.07) is 2.24. The third-order valence-electron chi connectivity index (χ3n) is 5.52.